The second-order valence-electron chi connectivity index (χ2n) is 11.2. The predicted molar refractivity (Wildman–Crippen MR) is 162 cm³/mol. The fourth-order valence-corrected chi connectivity index (χ4v) is 6.39. The lowest BCUT2D eigenvalue weighted by molar-refractivity contribution is -0.571. The molecular weight excluding hydrogens is 476 g/mol. The molecule has 0 N–H and O–H groups in total. The summed E-state index contributed by atoms with van der Waals surface area (Å²) in [6, 6.07) is 23.9. The Morgan fingerprint density at radius 1 is 0.949 bits per heavy atom. The molecule has 0 spiro atoms. The highest BCUT2D eigenvalue weighted by molar-refractivity contribution is 6.09. The lowest BCUT2D eigenvalue weighted by Gasteiger charge is -2.13. The first kappa shape index (κ1) is 25.6. The molecule has 0 aliphatic heterocycles. The minimum Gasteiger partial charge on any atom is -0.437 e. The Balaban J connectivity index is 1.57. The number of nitrogens with zero attached hydrogens (tertiary/aromatic N) is 2. The number of aryl methyl sites for hydroxylation is 1. The van der Waals surface area contributed by atoms with Gasteiger partial charge in [-0.25, -0.2) is 4.98 Å². The van der Waals surface area contributed by atoms with E-state index in [1.807, 2.05) is 6.07 Å². The van der Waals surface area contributed by atoms with E-state index in [1.54, 1.807) is 0 Å². The Hall–Kier alpha value is -3.72. The first-order valence-electron chi connectivity index (χ1n) is 14.8. The van der Waals surface area contributed by atoms with E-state index in [-0.39, 0.29) is 0 Å². The third kappa shape index (κ3) is 5.03. The highest BCUT2D eigenvalue weighted by Gasteiger charge is 2.26. The van der Waals surface area contributed by atoms with Crippen LogP contribution in [0.5, 0.6) is 0 Å². The quantitative estimate of drug-likeness (QED) is 0.183. The highest BCUT2D eigenvalue weighted by Crippen LogP contribution is 2.39. The van der Waals surface area contributed by atoms with Gasteiger partial charge < -0.3 is 4.42 Å². The van der Waals surface area contributed by atoms with Gasteiger partial charge in [0.05, 0.1) is 11.3 Å². The van der Waals surface area contributed by atoms with Gasteiger partial charge in [-0.05, 0) is 55.0 Å². The van der Waals surface area contributed by atoms with Crippen LogP contribution in [0.2, 0.25) is 0 Å². The normalized spacial score (nSPS) is 14.0. The summed E-state index contributed by atoms with van der Waals surface area (Å²) in [7, 11) is 0. The SMILES string of the molecule is C=C(CCC)[n+]1ccc(CC2CCCC2)cc1-c1c(CCC)ccc2c1oc1nc(-c3ccccc3)ccc12. The lowest BCUT2D eigenvalue weighted by atomic mass is 9.93. The van der Waals surface area contributed by atoms with Gasteiger partial charge in [-0.15, -0.1) is 0 Å². The summed E-state index contributed by atoms with van der Waals surface area (Å²) in [5.74, 6) is 0.797. The third-order valence-electron chi connectivity index (χ3n) is 8.34. The average Bonchev–Trinajstić information content (AvgIpc) is 3.61. The molecule has 39 heavy (non-hydrogen) atoms. The van der Waals surface area contributed by atoms with Crippen LogP contribution in [-0.2, 0) is 12.8 Å². The number of rotatable bonds is 9. The lowest BCUT2D eigenvalue weighted by Crippen LogP contribution is -2.34. The Morgan fingerprint density at radius 3 is 2.51 bits per heavy atom. The van der Waals surface area contributed by atoms with Crippen molar-refractivity contribution in [2.24, 2.45) is 5.92 Å². The summed E-state index contributed by atoms with van der Waals surface area (Å²) in [4.78, 5) is 4.98. The first-order valence-corrected chi connectivity index (χ1v) is 14.8. The smallest absolute Gasteiger partial charge is 0.227 e. The molecule has 0 radical (unpaired) electrons. The molecule has 0 bridgehead atoms. The van der Waals surface area contributed by atoms with E-state index in [1.165, 1.54) is 48.1 Å². The van der Waals surface area contributed by atoms with Crippen LogP contribution in [0, 0.1) is 5.92 Å². The number of fused-ring (bicyclic) bond motifs is 3. The van der Waals surface area contributed by atoms with Crippen LogP contribution in [0.3, 0.4) is 0 Å². The van der Waals surface area contributed by atoms with Crippen LogP contribution in [-0.4, -0.2) is 4.98 Å². The van der Waals surface area contributed by atoms with E-state index in [0.717, 1.165) is 71.3 Å². The van der Waals surface area contributed by atoms with Crippen molar-refractivity contribution in [3.63, 3.8) is 0 Å². The molecule has 2 aromatic carbocycles. The number of furan rings is 1. The van der Waals surface area contributed by atoms with Gasteiger partial charge >= 0.3 is 0 Å². The molecule has 0 atom stereocenters. The average molecular weight is 516 g/mol. The fraction of sp³-hybridized carbons (Fsp3) is 0.333. The highest BCUT2D eigenvalue weighted by atomic mass is 16.3. The summed E-state index contributed by atoms with van der Waals surface area (Å²) >= 11 is 0. The molecule has 3 nitrogen and oxygen atoms in total. The zero-order valence-corrected chi connectivity index (χ0v) is 23.4. The summed E-state index contributed by atoms with van der Waals surface area (Å²) in [6.45, 7) is 8.97. The summed E-state index contributed by atoms with van der Waals surface area (Å²) in [5, 5.41) is 2.19. The molecule has 6 rings (SSSR count). The van der Waals surface area contributed by atoms with Crippen molar-refractivity contribution in [2.45, 2.75) is 71.6 Å². The molecule has 1 aliphatic carbocycles. The van der Waals surface area contributed by atoms with Gasteiger partial charge in [0.2, 0.25) is 11.4 Å². The molecule has 3 heteroatoms. The zero-order chi connectivity index (χ0) is 26.8. The van der Waals surface area contributed by atoms with Crippen molar-refractivity contribution in [1.29, 1.82) is 0 Å². The maximum atomic E-state index is 6.70. The molecule has 5 aromatic rings. The third-order valence-corrected chi connectivity index (χ3v) is 8.34. The molecule has 0 saturated heterocycles. The van der Waals surface area contributed by atoms with Crippen molar-refractivity contribution in [3.8, 4) is 22.5 Å². The van der Waals surface area contributed by atoms with Gasteiger partial charge in [-0.3, -0.25) is 0 Å². The van der Waals surface area contributed by atoms with Gasteiger partial charge in [0.15, 0.2) is 17.5 Å². The Kier molecular flexibility index (Phi) is 7.32. The number of benzene rings is 2. The molecule has 1 aliphatic rings. The molecule has 3 aromatic heterocycles. The fourth-order valence-electron chi connectivity index (χ4n) is 6.39. The maximum Gasteiger partial charge on any atom is 0.227 e. The van der Waals surface area contributed by atoms with Crippen molar-refractivity contribution in [3.05, 3.63) is 90.6 Å². The monoisotopic (exact) mass is 515 g/mol. The number of hydrogen-bond donors (Lipinski definition) is 0. The molecule has 0 unspecified atom stereocenters. The summed E-state index contributed by atoms with van der Waals surface area (Å²) in [5.41, 5.74) is 9.91. The van der Waals surface area contributed by atoms with E-state index in [2.05, 4.69) is 91.9 Å². The van der Waals surface area contributed by atoms with Crippen LogP contribution in [0.15, 0.2) is 83.9 Å². The van der Waals surface area contributed by atoms with Gasteiger partial charge in [-0.2, -0.15) is 4.57 Å². The van der Waals surface area contributed by atoms with Crippen molar-refractivity contribution < 1.29 is 8.98 Å². The minimum absolute atomic E-state index is 0.697. The van der Waals surface area contributed by atoms with Crippen molar-refractivity contribution >= 4 is 27.8 Å². The van der Waals surface area contributed by atoms with Gasteiger partial charge in [0, 0.05) is 34.9 Å². The van der Waals surface area contributed by atoms with E-state index < -0.39 is 0 Å². The van der Waals surface area contributed by atoms with Crippen LogP contribution in [0.4, 0.5) is 0 Å². The zero-order valence-electron chi connectivity index (χ0n) is 23.4. The first-order chi connectivity index (χ1) is 19.2. The summed E-state index contributed by atoms with van der Waals surface area (Å²) < 4.78 is 9.01. The van der Waals surface area contributed by atoms with Crippen LogP contribution in [0.25, 0.3) is 50.3 Å². The Bertz CT molecular complexity index is 1620. The van der Waals surface area contributed by atoms with Crippen LogP contribution in [0.1, 0.15) is 69.9 Å². The Morgan fingerprint density at radius 2 is 1.74 bits per heavy atom. The second kappa shape index (κ2) is 11.2. The molecule has 3 heterocycles. The standard InChI is InChI=1S/C36H39N2O/c1-4-11-25(3)38-22-21-27(23-26-13-9-10-14-26)24-33(38)34-29(12-5-2)17-18-30-31-19-20-32(28-15-7-6-8-16-28)37-36(31)39-35(30)34/h6-8,15-22,24,26H,3-5,9-14,23H2,1-2H3/q+1. The Labute approximate surface area is 232 Å². The van der Waals surface area contributed by atoms with Crippen LogP contribution >= 0.6 is 0 Å². The van der Waals surface area contributed by atoms with E-state index in [0.29, 0.717) is 5.71 Å². The maximum absolute atomic E-state index is 6.70. The molecule has 1 fully saturated rings. The molecular formula is C36H39N2O+. The van der Waals surface area contributed by atoms with Gasteiger partial charge in [0.1, 0.15) is 0 Å². The van der Waals surface area contributed by atoms with Crippen molar-refractivity contribution in [2.75, 3.05) is 0 Å². The topological polar surface area (TPSA) is 29.9 Å². The summed E-state index contributed by atoms with van der Waals surface area (Å²) in [6.07, 6.45) is 12.9. The van der Waals surface area contributed by atoms with E-state index in [4.69, 9.17) is 9.40 Å². The minimum atomic E-state index is 0.697. The largest absolute Gasteiger partial charge is 0.437 e. The second-order valence-corrected chi connectivity index (χ2v) is 11.2. The number of aromatic nitrogens is 2. The number of allylic oxidation sites excluding steroid dienone is 1. The van der Waals surface area contributed by atoms with Gasteiger partial charge in [-0.1, -0.05) is 88.4 Å². The molecule has 198 valence electrons. The van der Waals surface area contributed by atoms with Gasteiger partial charge in [0.25, 0.3) is 0 Å². The van der Waals surface area contributed by atoms with Crippen LogP contribution < -0.4 is 4.57 Å². The van der Waals surface area contributed by atoms with E-state index >= 15 is 0 Å². The number of pyridine rings is 2. The predicted octanol–water partition coefficient (Wildman–Crippen LogP) is 9.56. The molecule has 1 saturated carbocycles. The molecule has 0 amide bonds. The van der Waals surface area contributed by atoms with Crippen molar-refractivity contribution in [1.82, 2.24) is 4.98 Å². The van der Waals surface area contributed by atoms with E-state index in [9.17, 15) is 0 Å². The number of hydrogen-bond acceptors (Lipinski definition) is 2.